The highest BCUT2D eigenvalue weighted by molar-refractivity contribution is 7.98. The molecule has 0 aromatic carbocycles. The standard InChI is InChI=1S/C10H21N3O3S2/c1-17-8-3-9(11)10(14)12-4-6-13(7-5-12)18(2,15)16/h9H,3-8,11H2,1-2H3/t9-/m0/s1. The van der Waals surface area contributed by atoms with Crippen LogP contribution in [0.3, 0.4) is 0 Å². The van der Waals surface area contributed by atoms with Gasteiger partial charge in [-0.05, 0) is 18.4 Å². The van der Waals surface area contributed by atoms with E-state index >= 15 is 0 Å². The van der Waals surface area contributed by atoms with Crippen molar-refractivity contribution in [1.82, 2.24) is 9.21 Å². The van der Waals surface area contributed by atoms with Crippen molar-refractivity contribution in [1.29, 1.82) is 0 Å². The number of carbonyl (C=O) groups is 1. The minimum atomic E-state index is -3.15. The molecule has 1 aliphatic rings. The van der Waals surface area contributed by atoms with E-state index in [-0.39, 0.29) is 5.91 Å². The van der Waals surface area contributed by atoms with E-state index in [1.807, 2.05) is 6.26 Å². The van der Waals surface area contributed by atoms with Gasteiger partial charge in [-0.3, -0.25) is 4.79 Å². The SMILES string of the molecule is CSCC[C@H](N)C(=O)N1CCN(S(C)(=O)=O)CC1. The Balaban J connectivity index is 2.45. The average Bonchev–Trinajstić information content (AvgIpc) is 2.34. The smallest absolute Gasteiger partial charge is 0.239 e. The van der Waals surface area contributed by atoms with Gasteiger partial charge < -0.3 is 10.6 Å². The fraction of sp³-hybridized carbons (Fsp3) is 0.900. The predicted molar refractivity (Wildman–Crippen MR) is 74.0 cm³/mol. The molecule has 0 aromatic heterocycles. The summed E-state index contributed by atoms with van der Waals surface area (Å²) in [6, 6.07) is -0.470. The normalized spacial score (nSPS) is 19.8. The average molecular weight is 295 g/mol. The number of thioether (sulfide) groups is 1. The van der Waals surface area contributed by atoms with Crippen molar-refractivity contribution in [3.8, 4) is 0 Å². The second kappa shape index (κ2) is 6.74. The van der Waals surface area contributed by atoms with Gasteiger partial charge >= 0.3 is 0 Å². The molecule has 0 aliphatic carbocycles. The number of hydrogen-bond acceptors (Lipinski definition) is 5. The maximum absolute atomic E-state index is 12.0. The Morgan fingerprint density at radius 2 is 1.89 bits per heavy atom. The van der Waals surface area contributed by atoms with Gasteiger partial charge in [-0.15, -0.1) is 0 Å². The molecule has 8 heteroatoms. The summed E-state index contributed by atoms with van der Waals surface area (Å²) in [5, 5.41) is 0. The molecule has 2 N–H and O–H groups in total. The van der Waals surface area contributed by atoms with Gasteiger partial charge in [0.15, 0.2) is 0 Å². The Labute approximate surface area is 113 Å². The number of rotatable bonds is 5. The number of amides is 1. The van der Waals surface area contributed by atoms with E-state index < -0.39 is 16.1 Å². The Hall–Kier alpha value is -0.310. The van der Waals surface area contributed by atoms with E-state index in [2.05, 4.69) is 0 Å². The van der Waals surface area contributed by atoms with Gasteiger partial charge in [-0.1, -0.05) is 0 Å². The number of nitrogens with zero attached hydrogens (tertiary/aromatic N) is 2. The number of hydrogen-bond donors (Lipinski definition) is 1. The zero-order chi connectivity index (χ0) is 13.8. The summed E-state index contributed by atoms with van der Waals surface area (Å²) in [6.45, 7) is 1.58. The third-order valence-corrected chi connectivity index (χ3v) is 4.92. The van der Waals surface area contributed by atoms with E-state index in [1.54, 1.807) is 16.7 Å². The molecule has 0 radical (unpaired) electrons. The first-order chi connectivity index (χ1) is 8.36. The lowest BCUT2D eigenvalue weighted by molar-refractivity contribution is -0.133. The molecule has 1 amide bonds. The monoisotopic (exact) mass is 295 g/mol. The highest BCUT2D eigenvalue weighted by Gasteiger charge is 2.28. The van der Waals surface area contributed by atoms with E-state index in [1.165, 1.54) is 10.6 Å². The van der Waals surface area contributed by atoms with Gasteiger partial charge in [0.05, 0.1) is 12.3 Å². The van der Waals surface area contributed by atoms with Gasteiger partial charge in [0.1, 0.15) is 0 Å². The molecule has 0 spiro atoms. The third kappa shape index (κ3) is 4.42. The molecule has 1 rings (SSSR count). The molecular formula is C10H21N3O3S2. The van der Waals surface area contributed by atoms with Crippen LogP contribution in [0.1, 0.15) is 6.42 Å². The lowest BCUT2D eigenvalue weighted by atomic mass is 10.2. The molecule has 6 nitrogen and oxygen atoms in total. The Morgan fingerprint density at radius 1 is 1.33 bits per heavy atom. The van der Waals surface area contributed by atoms with E-state index in [0.29, 0.717) is 32.6 Å². The molecular weight excluding hydrogens is 274 g/mol. The van der Waals surface area contributed by atoms with Crippen molar-refractivity contribution in [3.05, 3.63) is 0 Å². The maximum Gasteiger partial charge on any atom is 0.239 e. The van der Waals surface area contributed by atoms with E-state index in [0.717, 1.165) is 5.75 Å². The summed E-state index contributed by atoms with van der Waals surface area (Å²) in [5.41, 5.74) is 5.82. The van der Waals surface area contributed by atoms with Crippen LogP contribution in [-0.2, 0) is 14.8 Å². The molecule has 106 valence electrons. The quantitative estimate of drug-likeness (QED) is 0.716. The molecule has 0 saturated carbocycles. The van der Waals surface area contributed by atoms with Crippen LogP contribution in [0.15, 0.2) is 0 Å². The van der Waals surface area contributed by atoms with Gasteiger partial charge in [-0.2, -0.15) is 16.1 Å². The Morgan fingerprint density at radius 3 is 2.33 bits per heavy atom. The molecule has 0 bridgehead atoms. The summed E-state index contributed by atoms with van der Waals surface area (Å²) in [4.78, 5) is 13.6. The van der Waals surface area contributed by atoms with Crippen LogP contribution >= 0.6 is 11.8 Å². The largest absolute Gasteiger partial charge is 0.339 e. The van der Waals surface area contributed by atoms with Crippen molar-refractivity contribution in [2.45, 2.75) is 12.5 Å². The first-order valence-electron chi connectivity index (χ1n) is 5.84. The number of carbonyl (C=O) groups excluding carboxylic acids is 1. The second-order valence-electron chi connectivity index (χ2n) is 4.38. The zero-order valence-corrected chi connectivity index (χ0v) is 12.5. The molecule has 1 fully saturated rings. The number of nitrogens with two attached hydrogens (primary N) is 1. The summed E-state index contributed by atoms with van der Waals surface area (Å²) in [5.74, 6) is 0.785. The number of sulfonamides is 1. The first-order valence-corrected chi connectivity index (χ1v) is 9.09. The van der Waals surface area contributed by atoms with Gasteiger partial charge in [0.25, 0.3) is 0 Å². The van der Waals surface area contributed by atoms with Crippen LogP contribution in [0.5, 0.6) is 0 Å². The molecule has 18 heavy (non-hydrogen) atoms. The highest BCUT2D eigenvalue weighted by Crippen LogP contribution is 2.09. The zero-order valence-electron chi connectivity index (χ0n) is 10.8. The predicted octanol–water partition coefficient (Wildman–Crippen LogP) is -0.829. The van der Waals surface area contributed by atoms with Gasteiger partial charge in [0, 0.05) is 26.2 Å². The van der Waals surface area contributed by atoms with Crippen LogP contribution in [0.2, 0.25) is 0 Å². The topological polar surface area (TPSA) is 83.7 Å². The van der Waals surface area contributed by atoms with Gasteiger partial charge in [0.2, 0.25) is 15.9 Å². The lowest BCUT2D eigenvalue weighted by Gasteiger charge is -2.34. The summed E-state index contributed by atoms with van der Waals surface area (Å²) >= 11 is 1.66. The molecule has 0 unspecified atom stereocenters. The lowest BCUT2D eigenvalue weighted by Crippen LogP contribution is -2.54. The van der Waals surface area contributed by atoms with Crippen molar-refractivity contribution in [3.63, 3.8) is 0 Å². The van der Waals surface area contributed by atoms with Crippen molar-refractivity contribution >= 4 is 27.7 Å². The summed E-state index contributed by atoms with van der Waals surface area (Å²) < 4.78 is 24.1. The van der Waals surface area contributed by atoms with Crippen LogP contribution in [0.4, 0.5) is 0 Å². The first kappa shape index (κ1) is 15.7. The Kier molecular flexibility index (Phi) is 5.90. The molecule has 1 saturated heterocycles. The van der Waals surface area contributed by atoms with E-state index in [4.69, 9.17) is 5.73 Å². The number of piperazine rings is 1. The van der Waals surface area contributed by atoms with Crippen LogP contribution in [0, 0.1) is 0 Å². The van der Waals surface area contributed by atoms with Crippen molar-refractivity contribution in [2.24, 2.45) is 5.73 Å². The minimum Gasteiger partial charge on any atom is -0.339 e. The molecule has 0 aromatic rings. The summed E-state index contributed by atoms with van der Waals surface area (Å²) in [7, 11) is -3.15. The maximum atomic E-state index is 12.0. The summed E-state index contributed by atoms with van der Waals surface area (Å²) in [6.07, 6.45) is 3.82. The minimum absolute atomic E-state index is 0.0720. The third-order valence-electron chi connectivity index (χ3n) is 2.97. The van der Waals surface area contributed by atoms with E-state index in [9.17, 15) is 13.2 Å². The van der Waals surface area contributed by atoms with Crippen LogP contribution in [-0.4, -0.2) is 74.0 Å². The van der Waals surface area contributed by atoms with Crippen LogP contribution in [0.25, 0.3) is 0 Å². The molecule has 1 heterocycles. The molecule has 1 atom stereocenters. The van der Waals surface area contributed by atoms with Crippen molar-refractivity contribution < 1.29 is 13.2 Å². The molecule has 1 aliphatic heterocycles. The highest BCUT2D eigenvalue weighted by atomic mass is 32.2. The van der Waals surface area contributed by atoms with Gasteiger partial charge in [-0.25, -0.2) is 8.42 Å². The fourth-order valence-electron chi connectivity index (χ4n) is 1.84. The van der Waals surface area contributed by atoms with Crippen LogP contribution < -0.4 is 5.73 Å². The second-order valence-corrected chi connectivity index (χ2v) is 7.34. The Bertz CT molecular complexity index is 378. The van der Waals surface area contributed by atoms with Crippen molar-refractivity contribution in [2.75, 3.05) is 44.4 Å². The fourth-order valence-corrected chi connectivity index (χ4v) is 3.16.